The fourth-order valence-electron chi connectivity index (χ4n) is 1.03. The van der Waals surface area contributed by atoms with Crippen LogP contribution < -0.4 is 5.32 Å². The molecule has 0 aliphatic carbocycles. The molecule has 82 valence electrons. The van der Waals surface area contributed by atoms with Crippen molar-refractivity contribution in [2.45, 2.75) is 0 Å². The summed E-state index contributed by atoms with van der Waals surface area (Å²) in [4.78, 5) is 18.6. The molecule has 0 aliphatic rings. The van der Waals surface area contributed by atoms with E-state index in [1.54, 1.807) is 6.20 Å². The highest BCUT2D eigenvalue weighted by molar-refractivity contribution is 7.13. The number of nitrogens with one attached hydrogen (secondary N) is 1. The molecule has 5 nitrogen and oxygen atoms in total. The molecule has 7 heteroatoms. The second kappa shape index (κ2) is 4.46. The molecule has 2 rings (SSSR count). The fourth-order valence-corrected chi connectivity index (χ4v) is 1.77. The van der Waals surface area contributed by atoms with Crippen LogP contribution in [0.4, 0.5) is 10.9 Å². The lowest BCUT2D eigenvalue weighted by molar-refractivity contribution is 0.0696. The molecule has 2 heterocycles. The number of hydrogen-bond donors (Lipinski definition) is 2. The summed E-state index contributed by atoms with van der Waals surface area (Å²) in [5, 5.41) is 14.3. The number of thiazole rings is 1. The number of halogens is 1. The fraction of sp³-hybridized carbons (Fsp3) is 0. The third-order valence-electron chi connectivity index (χ3n) is 1.75. The van der Waals surface area contributed by atoms with Crippen molar-refractivity contribution in [3.8, 4) is 0 Å². The Morgan fingerprint density at radius 3 is 2.88 bits per heavy atom. The Kier molecular flexibility index (Phi) is 3.02. The van der Waals surface area contributed by atoms with E-state index >= 15 is 0 Å². The second-order valence-electron chi connectivity index (χ2n) is 2.82. The monoisotopic (exact) mass is 255 g/mol. The summed E-state index contributed by atoms with van der Waals surface area (Å²) in [7, 11) is 0. The SMILES string of the molecule is O=C(O)c1cnc(Nc2nccs2)c(Cl)c1. The highest BCUT2D eigenvalue weighted by Crippen LogP contribution is 2.24. The minimum Gasteiger partial charge on any atom is -0.478 e. The molecular formula is C9H6ClN3O2S. The van der Waals surface area contributed by atoms with Crippen molar-refractivity contribution in [3.63, 3.8) is 0 Å². The molecule has 0 amide bonds. The van der Waals surface area contributed by atoms with Crippen LogP contribution >= 0.6 is 22.9 Å². The van der Waals surface area contributed by atoms with Gasteiger partial charge in [-0.05, 0) is 6.07 Å². The normalized spacial score (nSPS) is 10.1. The van der Waals surface area contributed by atoms with Gasteiger partial charge in [0.05, 0.1) is 10.6 Å². The van der Waals surface area contributed by atoms with Crippen LogP contribution in [0.3, 0.4) is 0 Å². The van der Waals surface area contributed by atoms with Gasteiger partial charge in [-0.15, -0.1) is 11.3 Å². The predicted octanol–water partition coefficient (Wildman–Crippen LogP) is 2.63. The highest BCUT2D eigenvalue weighted by Gasteiger charge is 2.09. The second-order valence-corrected chi connectivity index (χ2v) is 4.12. The van der Waals surface area contributed by atoms with Crippen LogP contribution in [0.15, 0.2) is 23.8 Å². The smallest absolute Gasteiger partial charge is 0.337 e. The van der Waals surface area contributed by atoms with Gasteiger partial charge in [0, 0.05) is 17.8 Å². The maximum Gasteiger partial charge on any atom is 0.337 e. The zero-order valence-electron chi connectivity index (χ0n) is 7.85. The molecule has 0 aromatic carbocycles. The van der Waals surface area contributed by atoms with Crippen LogP contribution in [-0.2, 0) is 0 Å². The van der Waals surface area contributed by atoms with E-state index in [2.05, 4.69) is 15.3 Å². The lowest BCUT2D eigenvalue weighted by Crippen LogP contribution is -2.00. The Balaban J connectivity index is 2.26. The molecule has 2 N–H and O–H groups in total. The van der Waals surface area contributed by atoms with Crippen molar-refractivity contribution >= 4 is 39.9 Å². The molecule has 0 saturated carbocycles. The Hall–Kier alpha value is -1.66. The zero-order valence-corrected chi connectivity index (χ0v) is 9.42. The first-order valence-electron chi connectivity index (χ1n) is 4.22. The third-order valence-corrected chi connectivity index (χ3v) is 2.72. The number of carboxylic acids is 1. The van der Waals surface area contributed by atoms with Crippen LogP contribution in [0.1, 0.15) is 10.4 Å². The average molecular weight is 256 g/mol. The largest absolute Gasteiger partial charge is 0.478 e. The Bertz CT molecular complexity index is 515. The average Bonchev–Trinajstić information content (AvgIpc) is 2.73. The van der Waals surface area contributed by atoms with E-state index in [9.17, 15) is 4.79 Å². The van der Waals surface area contributed by atoms with Gasteiger partial charge in [-0.1, -0.05) is 11.6 Å². The molecule has 0 fully saturated rings. The highest BCUT2D eigenvalue weighted by atomic mass is 35.5. The number of rotatable bonds is 3. The van der Waals surface area contributed by atoms with Crippen molar-refractivity contribution in [2.75, 3.05) is 5.32 Å². The molecule has 0 atom stereocenters. The number of hydrogen-bond acceptors (Lipinski definition) is 5. The summed E-state index contributed by atoms with van der Waals surface area (Å²) in [6, 6.07) is 1.34. The van der Waals surface area contributed by atoms with Gasteiger partial charge in [0.2, 0.25) is 0 Å². The number of anilines is 2. The Labute approximate surface area is 99.7 Å². The number of nitrogens with zero attached hydrogens (tertiary/aromatic N) is 2. The van der Waals surface area contributed by atoms with Crippen LogP contribution in [-0.4, -0.2) is 21.0 Å². The van der Waals surface area contributed by atoms with E-state index in [4.69, 9.17) is 16.7 Å². The van der Waals surface area contributed by atoms with E-state index in [-0.39, 0.29) is 10.6 Å². The minimum atomic E-state index is -1.06. The summed E-state index contributed by atoms with van der Waals surface area (Å²) in [5.74, 6) is -0.670. The van der Waals surface area contributed by atoms with Gasteiger partial charge in [-0.25, -0.2) is 14.8 Å². The van der Waals surface area contributed by atoms with Crippen LogP contribution in [0.5, 0.6) is 0 Å². The Morgan fingerprint density at radius 2 is 2.31 bits per heavy atom. The number of aromatic nitrogens is 2. The zero-order chi connectivity index (χ0) is 11.5. The van der Waals surface area contributed by atoms with E-state index < -0.39 is 5.97 Å². The molecule has 0 aliphatic heterocycles. The molecule has 16 heavy (non-hydrogen) atoms. The lowest BCUT2D eigenvalue weighted by Gasteiger charge is -2.04. The molecule has 0 spiro atoms. The summed E-state index contributed by atoms with van der Waals surface area (Å²) in [6.07, 6.45) is 2.89. The molecule has 2 aromatic rings. The summed E-state index contributed by atoms with van der Waals surface area (Å²) < 4.78 is 0. The number of aromatic carboxylic acids is 1. The summed E-state index contributed by atoms with van der Waals surface area (Å²) >= 11 is 7.28. The van der Waals surface area contributed by atoms with Crippen molar-refractivity contribution in [1.82, 2.24) is 9.97 Å². The maximum atomic E-state index is 10.7. The van der Waals surface area contributed by atoms with Gasteiger partial charge in [0.1, 0.15) is 0 Å². The first-order valence-corrected chi connectivity index (χ1v) is 5.48. The molecule has 0 unspecified atom stereocenters. The summed E-state index contributed by atoms with van der Waals surface area (Å²) in [6.45, 7) is 0. The molecule has 0 bridgehead atoms. The third kappa shape index (κ3) is 2.29. The quantitative estimate of drug-likeness (QED) is 0.882. The maximum absolute atomic E-state index is 10.7. The molecule has 0 saturated heterocycles. The lowest BCUT2D eigenvalue weighted by atomic mass is 10.3. The van der Waals surface area contributed by atoms with E-state index in [1.165, 1.54) is 23.6 Å². The van der Waals surface area contributed by atoms with Crippen molar-refractivity contribution < 1.29 is 9.90 Å². The van der Waals surface area contributed by atoms with E-state index in [0.29, 0.717) is 10.9 Å². The van der Waals surface area contributed by atoms with Gasteiger partial charge >= 0.3 is 5.97 Å². The first kappa shape index (κ1) is 10.8. The van der Waals surface area contributed by atoms with Crippen molar-refractivity contribution in [1.29, 1.82) is 0 Å². The van der Waals surface area contributed by atoms with Crippen molar-refractivity contribution in [2.24, 2.45) is 0 Å². The van der Waals surface area contributed by atoms with Gasteiger partial charge in [0.15, 0.2) is 10.9 Å². The molecular weight excluding hydrogens is 250 g/mol. The Morgan fingerprint density at radius 1 is 1.50 bits per heavy atom. The molecule has 2 aromatic heterocycles. The van der Waals surface area contributed by atoms with Gasteiger partial charge < -0.3 is 10.4 Å². The number of carbonyl (C=O) groups is 1. The molecule has 0 radical (unpaired) electrons. The first-order chi connectivity index (χ1) is 7.66. The predicted molar refractivity (Wildman–Crippen MR) is 61.6 cm³/mol. The van der Waals surface area contributed by atoms with Crippen LogP contribution in [0, 0.1) is 0 Å². The van der Waals surface area contributed by atoms with E-state index in [1.807, 2.05) is 5.38 Å². The van der Waals surface area contributed by atoms with Crippen LogP contribution in [0.25, 0.3) is 0 Å². The van der Waals surface area contributed by atoms with E-state index in [0.717, 1.165) is 0 Å². The van der Waals surface area contributed by atoms with Gasteiger partial charge in [-0.3, -0.25) is 0 Å². The standard InChI is InChI=1S/C9H6ClN3O2S/c10-6-3-5(8(14)15)4-12-7(6)13-9-11-1-2-16-9/h1-4H,(H,14,15)(H,11,12,13). The summed E-state index contributed by atoms with van der Waals surface area (Å²) in [5.41, 5.74) is 0.0506. The van der Waals surface area contributed by atoms with Gasteiger partial charge in [-0.2, -0.15) is 0 Å². The number of carboxylic acid groups (broad SMARTS) is 1. The van der Waals surface area contributed by atoms with Crippen LogP contribution in [0.2, 0.25) is 5.02 Å². The van der Waals surface area contributed by atoms with Crippen molar-refractivity contribution in [3.05, 3.63) is 34.4 Å². The minimum absolute atomic E-state index is 0.0506. The van der Waals surface area contributed by atoms with Gasteiger partial charge in [0.25, 0.3) is 0 Å². The topological polar surface area (TPSA) is 75.1 Å². The number of pyridine rings is 1.